The van der Waals surface area contributed by atoms with Crippen LogP contribution in [0.25, 0.3) is 54.6 Å². The number of nitrogens with one attached hydrogen (secondary N) is 2. The van der Waals surface area contributed by atoms with Gasteiger partial charge in [0.05, 0.1) is 56.7 Å². The zero-order valence-corrected chi connectivity index (χ0v) is 46.6. The number of fused-ring (bicyclic) bond motifs is 3. The van der Waals surface area contributed by atoms with Crippen molar-refractivity contribution >= 4 is 81.2 Å². The molecular weight excluding hydrogens is 1080 g/mol. The largest absolute Gasteiger partial charge is 0.398 e. The first-order valence-electron chi connectivity index (χ1n) is 26.1. The highest BCUT2D eigenvalue weighted by molar-refractivity contribution is 9.11. The molecule has 0 radical (unpaired) electrons. The van der Waals surface area contributed by atoms with Gasteiger partial charge in [-0.05, 0) is 91.7 Å². The highest BCUT2D eigenvalue weighted by Gasteiger charge is 2.15. The molecule has 0 spiro atoms. The van der Waals surface area contributed by atoms with Crippen molar-refractivity contribution < 1.29 is 14.2 Å². The van der Waals surface area contributed by atoms with E-state index in [0.29, 0.717) is 0 Å². The van der Waals surface area contributed by atoms with E-state index < -0.39 is 0 Å². The van der Waals surface area contributed by atoms with Gasteiger partial charge in [-0.1, -0.05) is 113 Å². The predicted octanol–water partition coefficient (Wildman–Crippen LogP) is 12.4. The molecule has 4 N–H and O–H groups in total. The number of anilines is 3. The number of hydrogen-bond donors (Lipinski definition) is 3. The Morgan fingerprint density at radius 1 is 0.421 bits per heavy atom. The molecule has 9 aromatic rings. The summed E-state index contributed by atoms with van der Waals surface area (Å²) in [6.07, 6.45) is 5.81. The van der Waals surface area contributed by atoms with Crippen molar-refractivity contribution in [1.29, 1.82) is 0 Å². The molecule has 0 bridgehead atoms. The smallest absolute Gasteiger partial charge is 0.0594 e. The van der Waals surface area contributed by atoms with Gasteiger partial charge in [-0.15, -0.1) is 0 Å². The van der Waals surface area contributed by atoms with Crippen molar-refractivity contribution in [1.82, 2.24) is 29.7 Å². The number of rotatable bonds is 10. The topological polar surface area (TPSA) is 126 Å². The first kappa shape index (κ1) is 54.5. The molecule has 0 atom stereocenters. The van der Waals surface area contributed by atoms with E-state index in [1.54, 1.807) is 0 Å². The third-order valence-corrected chi connectivity index (χ3v) is 15.0. The standard InChI is InChI=1S/C21H23N3O.C20H21N3O.C11H10BrN.C10H13BrN2O/c1-22-21-9-8-18(19-4-2-3-5-20(19)21)16-6-7-17(23-14-16)15-24-10-12-25-13-11-24;21-20-8-7-17(18-3-1-2-4-19(18)20)15-5-6-16(22-13-15)14-23-9-11-24-12-10-23;1-13-11-7-6-10(12)8-4-2-3-5-9(8)11;11-9-1-2-10(12-7-9)8-13-3-5-14-6-4-13/h2-9,14,22H,10-13,15H2,1H3;1-8,13H,9-12,14,21H2;2-7,13H,1H3;1-2,7H,3-6,8H2. The summed E-state index contributed by atoms with van der Waals surface area (Å²) >= 11 is 6.91. The molecule has 3 saturated heterocycles. The lowest BCUT2D eigenvalue weighted by molar-refractivity contribution is 0.0336. The Labute approximate surface area is 463 Å². The molecule has 0 saturated carbocycles. The average molecular weight is 1150 g/mol. The van der Waals surface area contributed by atoms with Gasteiger partial charge < -0.3 is 30.6 Å². The highest BCUT2D eigenvalue weighted by atomic mass is 79.9. The van der Waals surface area contributed by atoms with Crippen molar-refractivity contribution in [3.05, 3.63) is 190 Å². The van der Waals surface area contributed by atoms with Crippen molar-refractivity contribution in [2.45, 2.75) is 19.6 Å². The monoisotopic (exact) mass is 1140 g/mol. The van der Waals surface area contributed by atoms with Gasteiger partial charge in [0.2, 0.25) is 0 Å². The molecule has 0 unspecified atom stereocenters. The van der Waals surface area contributed by atoms with Crippen LogP contribution in [0.1, 0.15) is 17.1 Å². The summed E-state index contributed by atoms with van der Waals surface area (Å²) < 4.78 is 18.3. The van der Waals surface area contributed by atoms with Crippen LogP contribution in [0, 0.1) is 0 Å². The number of aromatic nitrogens is 3. The summed E-state index contributed by atoms with van der Waals surface area (Å²) in [4.78, 5) is 20.8. The van der Waals surface area contributed by atoms with E-state index in [1.165, 1.54) is 43.7 Å². The molecule has 12 rings (SSSR count). The zero-order valence-electron chi connectivity index (χ0n) is 43.4. The van der Waals surface area contributed by atoms with Crippen LogP contribution >= 0.6 is 31.9 Å². The Morgan fingerprint density at radius 3 is 1.24 bits per heavy atom. The van der Waals surface area contributed by atoms with Crippen molar-refractivity contribution in [2.75, 3.05) is 109 Å². The minimum Gasteiger partial charge on any atom is -0.398 e. The number of halogens is 2. The van der Waals surface area contributed by atoms with E-state index in [4.69, 9.17) is 24.9 Å². The van der Waals surface area contributed by atoms with Gasteiger partial charge in [0, 0.05) is 145 Å². The van der Waals surface area contributed by atoms with Crippen LogP contribution in [0.15, 0.2) is 173 Å². The van der Waals surface area contributed by atoms with E-state index in [1.807, 2.05) is 63.0 Å². The van der Waals surface area contributed by atoms with Gasteiger partial charge in [0.15, 0.2) is 0 Å². The fraction of sp³-hybridized carbons (Fsp3) is 0.274. The van der Waals surface area contributed by atoms with Crippen LogP contribution in [0.5, 0.6) is 0 Å². The molecule has 3 aliphatic rings. The lowest BCUT2D eigenvalue weighted by atomic mass is 9.98. The first-order valence-corrected chi connectivity index (χ1v) is 27.6. The number of hydrogen-bond acceptors (Lipinski definition) is 12. The first-order chi connectivity index (χ1) is 37.3. The fourth-order valence-corrected chi connectivity index (χ4v) is 10.4. The van der Waals surface area contributed by atoms with E-state index in [0.717, 1.165) is 152 Å². The third-order valence-electron chi connectivity index (χ3n) is 13.8. The molecule has 76 heavy (non-hydrogen) atoms. The van der Waals surface area contributed by atoms with Gasteiger partial charge in [0.1, 0.15) is 0 Å². The second-order valence-electron chi connectivity index (χ2n) is 18.8. The van der Waals surface area contributed by atoms with Gasteiger partial charge in [-0.2, -0.15) is 0 Å². The van der Waals surface area contributed by atoms with E-state index in [-0.39, 0.29) is 0 Å². The number of pyridine rings is 3. The number of nitrogens with zero attached hydrogens (tertiary/aromatic N) is 6. The predicted molar refractivity (Wildman–Crippen MR) is 320 cm³/mol. The summed E-state index contributed by atoms with van der Waals surface area (Å²) in [6, 6.07) is 50.3. The summed E-state index contributed by atoms with van der Waals surface area (Å²) in [5.41, 5.74) is 17.2. The highest BCUT2D eigenvalue weighted by Crippen LogP contribution is 2.34. The van der Waals surface area contributed by atoms with Gasteiger partial charge in [0.25, 0.3) is 0 Å². The molecular formula is C62H67Br2N9O3. The Balaban J connectivity index is 0.000000129. The van der Waals surface area contributed by atoms with Crippen LogP contribution in [0.3, 0.4) is 0 Å². The lowest BCUT2D eigenvalue weighted by Gasteiger charge is -2.26. The summed E-state index contributed by atoms with van der Waals surface area (Å²) in [5.74, 6) is 0. The Morgan fingerprint density at radius 2 is 0.803 bits per heavy atom. The lowest BCUT2D eigenvalue weighted by Crippen LogP contribution is -2.35. The molecule has 392 valence electrons. The molecule has 6 aromatic carbocycles. The Hall–Kier alpha value is -6.33. The summed E-state index contributed by atoms with van der Waals surface area (Å²) in [6.45, 7) is 13.6. The number of benzene rings is 6. The third kappa shape index (κ3) is 14.6. The van der Waals surface area contributed by atoms with Gasteiger partial charge in [-0.3, -0.25) is 29.7 Å². The zero-order chi connectivity index (χ0) is 52.5. The van der Waals surface area contributed by atoms with Gasteiger partial charge >= 0.3 is 0 Å². The molecule has 12 nitrogen and oxygen atoms in total. The van der Waals surface area contributed by atoms with E-state index in [2.05, 4.69) is 182 Å². The SMILES string of the molecule is Brc1ccc(CN2CCOCC2)nc1.CNc1ccc(-c2ccc(CN3CCOCC3)nc2)c2ccccc12.CNc1ccc(Br)c2ccccc12.Nc1ccc(-c2ccc(CN3CCOCC3)nc2)c2ccccc12. The molecule has 6 heterocycles. The molecule has 0 aliphatic carbocycles. The number of nitrogen functional groups attached to an aromatic ring is 1. The molecule has 3 aromatic heterocycles. The minimum absolute atomic E-state index is 0.811. The molecule has 3 aliphatic heterocycles. The van der Waals surface area contributed by atoms with Crippen LogP contribution in [0.2, 0.25) is 0 Å². The van der Waals surface area contributed by atoms with Crippen LogP contribution < -0.4 is 16.4 Å². The molecule has 0 amide bonds. The number of ether oxygens (including phenoxy) is 3. The van der Waals surface area contributed by atoms with E-state index >= 15 is 0 Å². The maximum Gasteiger partial charge on any atom is 0.0594 e. The minimum atomic E-state index is 0.811. The number of morpholine rings is 3. The summed E-state index contributed by atoms with van der Waals surface area (Å²) in [5, 5.41) is 13.7. The van der Waals surface area contributed by atoms with Gasteiger partial charge in [-0.25, -0.2) is 0 Å². The van der Waals surface area contributed by atoms with Crippen molar-refractivity contribution in [2.24, 2.45) is 0 Å². The molecule has 14 heteroatoms. The van der Waals surface area contributed by atoms with Crippen LogP contribution in [-0.2, 0) is 33.8 Å². The van der Waals surface area contributed by atoms with Crippen LogP contribution in [0.4, 0.5) is 17.1 Å². The normalized spacial score (nSPS) is 15.2. The maximum absolute atomic E-state index is 6.10. The average Bonchev–Trinajstić information content (AvgIpc) is 3.48. The number of nitrogens with two attached hydrogens (primary N) is 1. The summed E-state index contributed by atoms with van der Waals surface area (Å²) in [7, 11) is 3.90. The second-order valence-corrected chi connectivity index (χ2v) is 20.6. The maximum atomic E-state index is 6.10. The van der Waals surface area contributed by atoms with Crippen LogP contribution in [-0.4, -0.2) is 123 Å². The van der Waals surface area contributed by atoms with E-state index in [9.17, 15) is 0 Å². The van der Waals surface area contributed by atoms with Crippen molar-refractivity contribution in [3.63, 3.8) is 0 Å². The Kier molecular flexibility index (Phi) is 19.8. The molecule has 3 fully saturated rings. The fourth-order valence-electron chi connectivity index (χ4n) is 9.64. The second kappa shape index (κ2) is 27.6. The Bertz CT molecular complexity index is 3260. The van der Waals surface area contributed by atoms with Crippen molar-refractivity contribution in [3.8, 4) is 22.3 Å². The quantitative estimate of drug-likeness (QED) is 0.113.